The summed E-state index contributed by atoms with van der Waals surface area (Å²) >= 11 is 0. The van der Waals surface area contributed by atoms with Crippen molar-refractivity contribution in [1.82, 2.24) is 10.2 Å². The average molecular weight is 258 g/mol. The van der Waals surface area contributed by atoms with Crippen LogP contribution in [0.4, 0.5) is 0 Å². The highest BCUT2D eigenvalue weighted by Gasteiger charge is 2.10. The molecular formula is C14H30N2O2. The Morgan fingerprint density at radius 1 is 1.06 bits per heavy atom. The Labute approximate surface area is 112 Å². The van der Waals surface area contributed by atoms with Crippen LogP contribution in [0.25, 0.3) is 0 Å². The molecule has 0 atom stereocenters. The van der Waals surface area contributed by atoms with Gasteiger partial charge in [0.2, 0.25) is 0 Å². The smallest absolute Gasteiger partial charge is 0.158 e. The van der Waals surface area contributed by atoms with Gasteiger partial charge in [-0.25, -0.2) is 0 Å². The van der Waals surface area contributed by atoms with E-state index in [1.165, 1.54) is 38.9 Å². The number of hydrogen-bond acceptors (Lipinski definition) is 4. The molecule has 0 aliphatic carbocycles. The molecule has 0 aromatic rings. The van der Waals surface area contributed by atoms with Gasteiger partial charge in [0.1, 0.15) is 0 Å². The molecule has 1 heterocycles. The van der Waals surface area contributed by atoms with Crippen LogP contribution in [0.1, 0.15) is 39.5 Å². The molecular weight excluding hydrogens is 228 g/mol. The third-order valence-corrected chi connectivity index (χ3v) is 3.29. The summed E-state index contributed by atoms with van der Waals surface area (Å²) in [5, 5.41) is 3.47. The van der Waals surface area contributed by atoms with E-state index in [0.29, 0.717) is 0 Å². The number of nitrogens with zero attached hydrogens (tertiary/aromatic N) is 1. The molecule has 1 rings (SSSR count). The van der Waals surface area contributed by atoms with Crippen molar-refractivity contribution in [2.75, 3.05) is 45.9 Å². The number of rotatable bonds is 11. The van der Waals surface area contributed by atoms with Gasteiger partial charge in [-0.2, -0.15) is 0 Å². The molecule has 0 spiro atoms. The highest BCUT2D eigenvalue weighted by Crippen LogP contribution is 2.06. The molecule has 1 aliphatic rings. The molecule has 108 valence electrons. The van der Waals surface area contributed by atoms with Crippen LogP contribution in [0.2, 0.25) is 0 Å². The molecule has 18 heavy (non-hydrogen) atoms. The van der Waals surface area contributed by atoms with Crippen LogP contribution < -0.4 is 5.32 Å². The van der Waals surface area contributed by atoms with Crippen molar-refractivity contribution >= 4 is 0 Å². The first kappa shape index (κ1) is 15.9. The highest BCUT2D eigenvalue weighted by atomic mass is 16.7. The van der Waals surface area contributed by atoms with Crippen molar-refractivity contribution in [2.45, 2.75) is 45.8 Å². The predicted molar refractivity (Wildman–Crippen MR) is 74.8 cm³/mol. The molecule has 1 N–H and O–H groups in total. The second-order valence-corrected chi connectivity index (χ2v) is 4.78. The lowest BCUT2D eigenvalue weighted by Crippen LogP contribution is -2.28. The summed E-state index contributed by atoms with van der Waals surface area (Å²) in [6.07, 6.45) is 4.92. The lowest BCUT2D eigenvalue weighted by Gasteiger charge is -2.17. The first-order valence-electron chi connectivity index (χ1n) is 7.53. The van der Waals surface area contributed by atoms with E-state index in [0.717, 1.165) is 32.7 Å². The maximum atomic E-state index is 5.50. The van der Waals surface area contributed by atoms with E-state index in [4.69, 9.17) is 9.47 Å². The molecule has 4 heteroatoms. The Bertz CT molecular complexity index is 179. The fraction of sp³-hybridized carbons (Fsp3) is 1.00. The molecule has 0 aromatic carbocycles. The second kappa shape index (κ2) is 10.7. The van der Waals surface area contributed by atoms with Gasteiger partial charge < -0.3 is 19.7 Å². The molecule has 1 fully saturated rings. The largest absolute Gasteiger partial charge is 0.353 e. The summed E-state index contributed by atoms with van der Waals surface area (Å²) < 4.78 is 11.0. The van der Waals surface area contributed by atoms with Crippen molar-refractivity contribution in [3.8, 4) is 0 Å². The third-order valence-electron chi connectivity index (χ3n) is 3.29. The Morgan fingerprint density at radius 2 is 1.72 bits per heavy atom. The van der Waals surface area contributed by atoms with Gasteiger partial charge in [-0.3, -0.25) is 0 Å². The first-order valence-corrected chi connectivity index (χ1v) is 7.53. The normalized spacial score (nSPS) is 16.8. The maximum Gasteiger partial charge on any atom is 0.158 e. The van der Waals surface area contributed by atoms with Crippen LogP contribution >= 0.6 is 0 Å². The zero-order chi connectivity index (χ0) is 13.1. The Balaban J connectivity index is 1.89. The third kappa shape index (κ3) is 7.31. The molecule has 0 saturated carbocycles. The Morgan fingerprint density at radius 3 is 2.33 bits per heavy atom. The van der Waals surface area contributed by atoms with Crippen molar-refractivity contribution in [3.05, 3.63) is 0 Å². The molecule has 0 unspecified atom stereocenters. The number of hydrogen-bond donors (Lipinski definition) is 1. The van der Waals surface area contributed by atoms with Crippen molar-refractivity contribution in [3.63, 3.8) is 0 Å². The zero-order valence-electron chi connectivity index (χ0n) is 12.1. The van der Waals surface area contributed by atoms with Crippen molar-refractivity contribution in [2.24, 2.45) is 0 Å². The van der Waals surface area contributed by atoms with Gasteiger partial charge in [0.15, 0.2) is 6.29 Å². The minimum Gasteiger partial charge on any atom is -0.353 e. The second-order valence-electron chi connectivity index (χ2n) is 4.78. The van der Waals surface area contributed by atoms with E-state index >= 15 is 0 Å². The van der Waals surface area contributed by atoms with Gasteiger partial charge in [0, 0.05) is 19.6 Å². The van der Waals surface area contributed by atoms with Gasteiger partial charge >= 0.3 is 0 Å². The van der Waals surface area contributed by atoms with Gasteiger partial charge in [-0.1, -0.05) is 0 Å². The SMILES string of the molecule is CCOC(CCNCCCN1CCCC1)OCC. The first-order chi connectivity index (χ1) is 8.86. The van der Waals surface area contributed by atoms with Crippen LogP contribution in [-0.2, 0) is 9.47 Å². The number of ether oxygens (including phenoxy) is 2. The van der Waals surface area contributed by atoms with Crippen molar-refractivity contribution in [1.29, 1.82) is 0 Å². The van der Waals surface area contributed by atoms with Gasteiger partial charge in [0.25, 0.3) is 0 Å². The fourth-order valence-corrected chi connectivity index (χ4v) is 2.37. The van der Waals surface area contributed by atoms with E-state index in [2.05, 4.69) is 10.2 Å². The van der Waals surface area contributed by atoms with E-state index in [1.807, 2.05) is 13.8 Å². The standard InChI is InChI=1S/C14H30N2O2/c1-3-17-14(18-4-2)8-10-15-9-7-13-16-11-5-6-12-16/h14-15H,3-13H2,1-2H3. The van der Waals surface area contributed by atoms with Gasteiger partial charge in [0.05, 0.1) is 0 Å². The topological polar surface area (TPSA) is 33.7 Å². The van der Waals surface area contributed by atoms with E-state index in [9.17, 15) is 0 Å². The minimum absolute atomic E-state index is 0.0360. The highest BCUT2D eigenvalue weighted by molar-refractivity contribution is 4.66. The van der Waals surface area contributed by atoms with Crippen molar-refractivity contribution < 1.29 is 9.47 Å². The van der Waals surface area contributed by atoms with E-state index < -0.39 is 0 Å². The summed E-state index contributed by atoms with van der Waals surface area (Å²) in [6.45, 7) is 11.4. The zero-order valence-corrected chi connectivity index (χ0v) is 12.1. The monoisotopic (exact) mass is 258 g/mol. The van der Waals surface area contributed by atoms with E-state index in [1.54, 1.807) is 0 Å². The molecule has 1 aliphatic heterocycles. The van der Waals surface area contributed by atoms with Gasteiger partial charge in [-0.15, -0.1) is 0 Å². The maximum absolute atomic E-state index is 5.50. The average Bonchev–Trinajstić information content (AvgIpc) is 2.87. The summed E-state index contributed by atoms with van der Waals surface area (Å²) in [5.74, 6) is 0. The number of likely N-dealkylation sites (tertiary alicyclic amines) is 1. The molecule has 1 saturated heterocycles. The molecule has 0 radical (unpaired) electrons. The quantitative estimate of drug-likeness (QED) is 0.453. The van der Waals surface area contributed by atoms with E-state index in [-0.39, 0.29) is 6.29 Å². The van der Waals surface area contributed by atoms with Crippen LogP contribution in [0.3, 0.4) is 0 Å². The summed E-state index contributed by atoms with van der Waals surface area (Å²) in [7, 11) is 0. The molecule has 0 bridgehead atoms. The van der Waals surface area contributed by atoms with Crippen LogP contribution in [0, 0.1) is 0 Å². The fourth-order valence-electron chi connectivity index (χ4n) is 2.37. The predicted octanol–water partition coefficient (Wildman–Crippen LogP) is 1.85. The van der Waals surface area contributed by atoms with Crippen LogP contribution in [-0.4, -0.2) is 57.1 Å². The summed E-state index contributed by atoms with van der Waals surface area (Å²) in [4.78, 5) is 2.56. The lowest BCUT2D eigenvalue weighted by atomic mass is 10.3. The van der Waals surface area contributed by atoms with Crippen LogP contribution in [0.15, 0.2) is 0 Å². The van der Waals surface area contributed by atoms with Gasteiger partial charge in [-0.05, 0) is 65.8 Å². The lowest BCUT2D eigenvalue weighted by molar-refractivity contribution is -0.138. The Hall–Kier alpha value is -0.160. The molecule has 4 nitrogen and oxygen atoms in total. The minimum atomic E-state index is -0.0360. The summed E-state index contributed by atoms with van der Waals surface area (Å²) in [5.41, 5.74) is 0. The Kier molecular flexibility index (Phi) is 9.48. The summed E-state index contributed by atoms with van der Waals surface area (Å²) in [6, 6.07) is 0. The van der Waals surface area contributed by atoms with Crippen LogP contribution in [0.5, 0.6) is 0 Å². The number of nitrogens with one attached hydrogen (secondary N) is 1. The molecule has 0 amide bonds. The molecule has 0 aromatic heterocycles.